The Morgan fingerprint density at radius 3 is 2.44 bits per heavy atom. The Hall–Kier alpha value is -1.09. The molecule has 2 rings (SSSR count). The quantitative estimate of drug-likeness (QED) is 0.826. The van der Waals surface area contributed by atoms with Gasteiger partial charge in [-0.1, -0.05) is 18.9 Å². The van der Waals surface area contributed by atoms with Crippen molar-refractivity contribution in [3.63, 3.8) is 0 Å². The van der Waals surface area contributed by atoms with Gasteiger partial charge < -0.3 is 10.5 Å². The van der Waals surface area contributed by atoms with Gasteiger partial charge in [0.15, 0.2) is 11.6 Å². The molecular formula is C15H22FNO. The monoisotopic (exact) mass is 251 g/mol. The van der Waals surface area contributed by atoms with Crippen LogP contribution in [0.2, 0.25) is 0 Å². The molecule has 1 atom stereocenters. The number of halogens is 1. The van der Waals surface area contributed by atoms with Gasteiger partial charge in [-0.2, -0.15) is 0 Å². The molecule has 1 unspecified atom stereocenters. The first-order valence-corrected chi connectivity index (χ1v) is 6.88. The first kappa shape index (κ1) is 13.3. The van der Waals surface area contributed by atoms with Crippen LogP contribution in [0.1, 0.15) is 57.1 Å². The van der Waals surface area contributed by atoms with Crippen molar-refractivity contribution in [2.75, 3.05) is 0 Å². The van der Waals surface area contributed by atoms with Crippen LogP contribution in [0.4, 0.5) is 4.39 Å². The molecule has 0 bridgehead atoms. The fraction of sp³-hybridized carbons (Fsp3) is 0.600. The van der Waals surface area contributed by atoms with Gasteiger partial charge in [0, 0.05) is 6.04 Å². The highest BCUT2D eigenvalue weighted by molar-refractivity contribution is 5.30. The third kappa shape index (κ3) is 3.45. The van der Waals surface area contributed by atoms with Crippen LogP contribution in [0.3, 0.4) is 0 Å². The molecule has 1 aromatic rings. The third-order valence-electron chi connectivity index (χ3n) is 3.58. The molecule has 1 aliphatic carbocycles. The Bertz CT molecular complexity index is 384. The summed E-state index contributed by atoms with van der Waals surface area (Å²) in [6.07, 6.45) is 7.15. The van der Waals surface area contributed by atoms with Crippen LogP contribution in [0.25, 0.3) is 0 Å². The van der Waals surface area contributed by atoms with Gasteiger partial charge in [-0.3, -0.25) is 0 Å². The van der Waals surface area contributed by atoms with Crippen LogP contribution in [0, 0.1) is 5.82 Å². The predicted molar refractivity (Wildman–Crippen MR) is 71.1 cm³/mol. The van der Waals surface area contributed by atoms with Gasteiger partial charge in [0.2, 0.25) is 0 Å². The largest absolute Gasteiger partial charge is 0.487 e. The lowest BCUT2D eigenvalue weighted by atomic mass is 10.1. The summed E-state index contributed by atoms with van der Waals surface area (Å²) < 4.78 is 19.7. The summed E-state index contributed by atoms with van der Waals surface area (Å²) >= 11 is 0. The Balaban J connectivity index is 2.04. The topological polar surface area (TPSA) is 35.2 Å². The number of ether oxygens (including phenoxy) is 1. The summed E-state index contributed by atoms with van der Waals surface area (Å²) in [6.45, 7) is 1.85. The smallest absolute Gasteiger partial charge is 0.165 e. The summed E-state index contributed by atoms with van der Waals surface area (Å²) in [7, 11) is 0. The van der Waals surface area contributed by atoms with E-state index in [0.29, 0.717) is 5.75 Å². The predicted octanol–water partition coefficient (Wildman–Crippen LogP) is 3.95. The maximum absolute atomic E-state index is 13.9. The van der Waals surface area contributed by atoms with E-state index >= 15 is 0 Å². The van der Waals surface area contributed by atoms with Gasteiger partial charge >= 0.3 is 0 Å². The van der Waals surface area contributed by atoms with E-state index in [9.17, 15) is 4.39 Å². The van der Waals surface area contributed by atoms with Crippen LogP contribution in [-0.4, -0.2) is 6.10 Å². The van der Waals surface area contributed by atoms with Crippen molar-refractivity contribution in [3.8, 4) is 5.75 Å². The molecule has 1 fully saturated rings. The highest BCUT2D eigenvalue weighted by Gasteiger charge is 2.16. The maximum Gasteiger partial charge on any atom is 0.165 e. The van der Waals surface area contributed by atoms with Crippen molar-refractivity contribution in [1.82, 2.24) is 0 Å². The molecule has 1 aliphatic rings. The van der Waals surface area contributed by atoms with Crippen LogP contribution in [0.15, 0.2) is 18.2 Å². The number of hydrogen-bond donors (Lipinski definition) is 1. The number of nitrogens with two attached hydrogens (primary N) is 1. The fourth-order valence-electron chi connectivity index (χ4n) is 2.44. The zero-order valence-corrected chi connectivity index (χ0v) is 11.0. The minimum atomic E-state index is -0.297. The molecule has 0 aliphatic heterocycles. The van der Waals surface area contributed by atoms with Crippen LogP contribution in [-0.2, 0) is 0 Å². The molecule has 2 nitrogen and oxygen atoms in total. The Morgan fingerprint density at radius 2 is 1.89 bits per heavy atom. The van der Waals surface area contributed by atoms with Crippen molar-refractivity contribution < 1.29 is 9.13 Å². The molecule has 1 saturated carbocycles. The van der Waals surface area contributed by atoms with E-state index < -0.39 is 0 Å². The van der Waals surface area contributed by atoms with Crippen molar-refractivity contribution in [2.24, 2.45) is 5.73 Å². The zero-order chi connectivity index (χ0) is 13.0. The summed E-state index contributed by atoms with van der Waals surface area (Å²) in [5.74, 6) is 0.0698. The van der Waals surface area contributed by atoms with Crippen molar-refractivity contribution in [1.29, 1.82) is 0 Å². The summed E-state index contributed by atoms with van der Waals surface area (Å²) in [5, 5.41) is 0. The number of benzene rings is 1. The third-order valence-corrected chi connectivity index (χ3v) is 3.58. The SMILES string of the molecule is CC(N)c1ccc(OC2CCCCCC2)c(F)c1. The van der Waals surface area contributed by atoms with E-state index in [1.807, 2.05) is 13.0 Å². The number of hydrogen-bond acceptors (Lipinski definition) is 2. The molecule has 3 heteroatoms. The Labute approximate surface area is 108 Å². The van der Waals surface area contributed by atoms with E-state index in [0.717, 1.165) is 18.4 Å². The van der Waals surface area contributed by atoms with Crippen molar-refractivity contribution in [3.05, 3.63) is 29.6 Å². The van der Waals surface area contributed by atoms with Gasteiger partial charge in [0.25, 0.3) is 0 Å². The second-order valence-corrected chi connectivity index (χ2v) is 5.21. The normalized spacial score (nSPS) is 19.3. The van der Waals surface area contributed by atoms with Gasteiger partial charge in [0.05, 0.1) is 6.10 Å². The minimum absolute atomic E-state index is 0.147. The molecule has 1 aromatic carbocycles. The van der Waals surface area contributed by atoms with E-state index in [2.05, 4.69) is 0 Å². The fourth-order valence-corrected chi connectivity index (χ4v) is 2.44. The first-order valence-electron chi connectivity index (χ1n) is 6.88. The van der Waals surface area contributed by atoms with E-state index in [-0.39, 0.29) is 18.0 Å². The highest BCUT2D eigenvalue weighted by atomic mass is 19.1. The van der Waals surface area contributed by atoms with Gasteiger partial charge in [-0.25, -0.2) is 4.39 Å². The van der Waals surface area contributed by atoms with Gasteiger partial charge in [0.1, 0.15) is 0 Å². The lowest BCUT2D eigenvalue weighted by molar-refractivity contribution is 0.176. The van der Waals surface area contributed by atoms with E-state index in [1.54, 1.807) is 6.07 Å². The van der Waals surface area contributed by atoms with Gasteiger partial charge in [-0.15, -0.1) is 0 Å². The Morgan fingerprint density at radius 1 is 1.22 bits per heavy atom. The second kappa shape index (κ2) is 6.19. The zero-order valence-electron chi connectivity index (χ0n) is 11.0. The maximum atomic E-state index is 13.9. The Kier molecular flexibility index (Phi) is 4.59. The molecule has 0 heterocycles. The van der Waals surface area contributed by atoms with Crippen molar-refractivity contribution in [2.45, 2.75) is 57.6 Å². The van der Waals surface area contributed by atoms with Gasteiger partial charge in [-0.05, 0) is 50.3 Å². The molecule has 0 spiro atoms. The lowest BCUT2D eigenvalue weighted by Gasteiger charge is -2.18. The molecule has 0 saturated heterocycles. The molecule has 0 radical (unpaired) electrons. The molecule has 100 valence electrons. The highest BCUT2D eigenvalue weighted by Crippen LogP contribution is 2.26. The molecule has 2 N–H and O–H groups in total. The van der Waals surface area contributed by atoms with Crippen LogP contribution >= 0.6 is 0 Å². The average molecular weight is 251 g/mol. The molecule has 18 heavy (non-hydrogen) atoms. The summed E-state index contributed by atoms with van der Waals surface area (Å²) in [5.41, 5.74) is 6.54. The molecular weight excluding hydrogens is 229 g/mol. The standard InChI is InChI=1S/C15H22FNO/c1-11(17)12-8-9-15(14(16)10-12)18-13-6-4-2-3-5-7-13/h8-11,13H,2-7,17H2,1H3. The van der Waals surface area contributed by atoms with E-state index in [4.69, 9.17) is 10.5 Å². The molecule has 0 aromatic heterocycles. The molecule has 0 amide bonds. The average Bonchev–Trinajstić information content (AvgIpc) is 2.60. The summed E-state index contributed by atoms with van der Waals surface area (Å²) in [4.78, 5) is 0. The minimum Gasteiger partial charge on any atom is -0.487 e. The van der Waals surface area contributed by atoms with Crippen LogP contribution < -0.4 is 10.5 Å². The van der Waals surface area contributed by atoms with Crippen molar-refractivity contribution >= 4 is 0 Å². The van der Waals surface area contributed by atoms with Crippen LogP contribution in [0.5, 0.6) is 5.75 Å². The van der Waals surface area contributed by atoms with E-state index in [1.165, 1.54) is 31.7 Å². The summed E-state index contributed by atoms with van der Waals surface area (Å²) in [6, 6.07) is 4.89. The number of rotatable bonds is 3. The first-order chi connectivity index (χ1) is 8.66. The second-order valence-electron chi connectivity index (χ2n) is 5.21. The lowest BCUT2D eigenvalue weighted by Crippen LogP contribution is -2.16.